The van der Waals surface area contributed by atoms with Crippen LogP contribution in [0.25, 0.3) is 0 Å². The van der Waals surface area contributed by atoms with Gasteiger partial charge in [-0.1, -0.05) is 90.3 Å². The summed E-state index contributed by atoms with van der Waals surface area (Å²) in [7, 11) is -4.34. The van der Waals surface area contributed by atoms with E-state index >= 15 is 0 Å². The molecule has 47 heavy (non-hydrogen) atoms. The lowest BCUT2D eigenvalue weighted by atomic mass is 10.0. The van der Waals surface area contributed by atoms with E-state index in [1.807, 2.05) is 37.3 Å². The minimum absolute atomic E-state index is 0.0742. The van der Waals surface area contributed by atoms with Gasteiger partial charge in [0.15, 0.2) is 0 Å². The highest BCUT2D eigenvalue weighted by atomic mass is 35.5. The van der Waals surface area contributed by atoms with Crippen LogP contribution in [0.2, 0.25) is 15.1 Å². The van der Waals surface area contributed by atoms with Gasteiger partial charge in [0.25, 0.3) is 10.0 Å². The normalized spacial score (nSPS) is 11.9. The van der Waals surface area contributed by atoms with Crippen molar-refractivity contribution < 1.29 is 22.7 Å². The minimum atomic E-state index is -4.34. The third-order valence-electron chi connectivity index (χ3n) is 7.29. The van der Waals surface area contributed by atoms with Crippen LogP contribution in [-0.2, 0) is 32.6 Å². The molecule has 8 nitrogen and oxygen atoms in total. The molecule has 12 heteroatoms. The first-order valence-corrected chi connectivity index (χ1v) is 17.7. The maximum Gasteiger partial charge on any atom is 0.264 e. The highest BCUT2D eigenvalue weighted by Gasteiger charge is 2.35. The van der Waals surface area contributed by atoms with E-state index in [0.29, 0.717) is 33.6 Å². The number of benzene rings is 4. The summed E-state index contributed by atoms with van der Waals surface area (Å²) in [6, 6.07) is 25.4. The lowest BCUT2D eigenvalue weighted by molar-refractivity contribution is -0.140. The van der Waals surface area contributed by atoms with Gasteiger partial charge < -0.3 is 15.0 Å². The smallest absolute Gasteiger partial charge is 0.264 e. The largest absolute Gasteiger partial charge is 0.492 e. The maximum absolute atomic E-state index is 14.6. The Bertz CT molecular complexity index is 1770. The number of amides is 2. The second kappa shape index (κ2) is 16.9. The van der Waals surface area contributed by atoms with Crippen molar-refractivity contribution >= 4 is 62.3 Å². The first-order valence-electron chi connectivity index (χ1n) is 15.1. The zero-order valence-corrected chi connectivity index (χ0v) is 29.1. The zero-order chi connectivity index (χ0) is 34.0. The number of sulfonamides is 1. The van der Waals surface area contributed by atoms with Gasteiger partial charge in [-0.15, -0.1) is 0 Å². The number of carbonyl (C=O) groups is 2. The minimum Gasteiger partial charge on any atom is -0.492 e. The molecule has 0 aliphatic heterocycles. The zero-order valence-electron chi connectivity index (χ0n) is 26.0. The third kappa shape index (κ3) is 9.41. The number of hydrogen-bond acceptors (Lipinski definition) is 5. The van der Waals surface area contributed by atoms with Crippen molar-refractivity contribution in [1.82, 2.24) is 10.2 Å². The summed E-state index contributed by atoms with van der Waals surface area (Å²) in [6.07, 6.45) is 0.856. The van der Waals surface area contributed by atoms with E-state index in [2.05, 4.69) is 5.32 Å². The lowest BCUT2D eigenvalue weighted by Crippen LogP contribution is -2.53. The number of ether oxygens (including phenoxy) is 1. The number of rotatable bonds is 15. The Morgan fingerprint density at radius 2 is 1.51 bits per heavy atom. The van der Waals surface area contributed by atoms with Crippen LogP contribution in [-0.4, -0.2) is 50.9 Å². The van der Waals surface area contributed by atoms with Gasteiger partial charge in [0.2, 0.25) is 11.8 Å². The van der Waals surface area contributed by atoms with Crippen molar-refractivity contribution in [2.24, 2.45) is 0 Å². The van der Waals surface area contributed by atoms with Crippen LogP contribution < -0.4 is 14.4 Å². The van der Waals surface area contributed by atoms with Crippen molar-refractivity contribution in [2.75, 3.05) is 24.0 Å². The van der Waals surface area contributed by atoms with Gasteiger partial charge >= 0.3 is 0 Å². The first kappa shape index (κ1) is 36.1. The van der Waals surface area contributed by atoms with Crippen molar-refractivity contribution in [1.29, 1.82) is 0 Å². The molecule has 0 radical (unpaired) electrons. The summed E-state index contributed by atoms with van der Waals surface area (Å²) in [5.41, 5.74) is 1.52. The van der Waals surface area contributed by atoms with Gasteiger partial charge in [0.05, 0.1) is 17.2 Å². The second-order valence-corrected chi connectivity index (χ2v) is 13.8. The van der Waals surface area contributed by atoms with Gasteiger partial charge in [-0.25, -0.2) is 8.42 Å². The highest BCUT2D eigenvalue weighted by molar-refractivity contribution is 7.92. The van der Waals surface area contributed by atoms with Crippen LogP contribution in [0.1, 0.15) is 31.4 Å². The fourth-order valence-electron chi connectivity index (χ4n) is 4.94. The molecule has 0 aromatic heterocycles. The average Bonchev–Trinajstić information content (AvgIpc) is 3.06. The standard InChI is InChI=1S/C35H36Cl3N3O5S/c1-3-20-39-35(43)32(21-25-10-6-5-7-11-25)40(23-26-14-15-28(37)22-30(26)38)34(42)24-41(31-12-8-9-13-33(31)46-4-2)47(44,45)29-18-16-27(36)17-19-29/h5-19,22,32H,3-4,20-21,23-24H2,1-2H3,(H,39,43). The average molecular weight is 717 g/mol. The quantitative estimate of drug-likeness (QED) is 0.138. The fraction of sp³-hybridized carbons (Fsp3) is 0.257. The molecule has 0 fully saturated rings. The van der Waals surface area contributed by atoms with Crippen LogP contribution in [0.5, 0.6) is 5.75 Å². The summed E-state index contributed by atoms with van der Waals surface area (Å²) < 4.78 is 35.4. The Morgan fingerprint density at radius 1 is 0.851 bits per heavy atom. The molecule has 1 unspecified atom stereocenters. The van der Waals surface area contributed by atoms with Crippen molar-refractivity contribution in [3.63, 3.8) is 0 Å². The summed E-state index contributed by atoms with van der Waals surface area (Å²) in [4.78, 5) is 29.7. The molecule has 0 saturated carbocycles. The molecule has 248 valence electrons. The number of anilines is 1. The summed E-state index contributed by atoms with van der Waals surface area (Å²) in [5.74, 6) is -0.738. The summed E-state index contributed by atoms with van der Waals surface area (Å²) in [6.45, 7) is 3.63. The topological polar surface area (TPSA) is 96.0 Å². The Labute approximate surface area is 291 Å². The molecule has 4 rings (SSSR count). The van der Waals surface area contributed by atoms with E-state index in [1.54, 1.807) is 49.4 Å². The van der Waals surface area contributed by atoms with Crippen molar-refractivity contribution in [3.8, 4) is 5.75 Å². The molecule has 0 spiro atoms. The molecule has 0 heterocycles. The van der Waals surface area contributed by atoms with E-state index in [0.717, 1.165) is 9.87 Å². The predicted molar refractivity (Wildman–Crippen MR) is 188 cm³/mol. The van der Waals surface area contributed by atoms with Crippen LogP contribution in [0.4, 0.5) is 5.69 Å². The van der Waals surface area contributed by atoms with Crippen molar-refractivity contribution in [2.45, 2.75) is 44.2 Å². The third-order valence-corrected chi connectivity index (χ3v) is 9.90. The van der Waals surface area contributed by atoms with Gasteiger partial charge in [0, 0.05) is 34.6 Å². The van der Waals surface area contributed by atoms with Crippen LogP contribution in [0.15, 0.2) is 102 Å². The van der Waals surface area contributed by atoms with E-state index in [9.17, 15) is 18.0 Å². The first-order chi connectivity index (χ1) is 22.5. The van der Waals surface area contributed by atoms with Gasteiger partial charge in [-0.05, 0) is 73.0 Å². The number of para-hydroxylation sites is 2. The summed E-state index contributed by atoms with van der Waals surface area (Å²) in [5, 5.41) is 3.98. The lowest BCUT2D eigenvalue weighted by Gasteiger charge is -2.34. The highest BCUT2D eigenvalue weighted by Crippen LogP contribution is 2.33. The Balaban J connectivity index is 1.85. The van der Waals surface area contributed by atoms with E-state index in [-0.39, 0.29) is 41.8 Å². The molecule has 2 amide bonds. The van der Waals surface area contributed by atoms with E-state index in [4.69, 9.17) is 39.5 Å². The van der Waals surface area contributed by atoms with Gasteiger partial charge in [-0.3, -0.25) is 13.9 Å². The van der Waals surface area contributed by atoms with Crippen LogP contribution >= 0.6 is 34.8 Å². The molecular weight excluding hydrogens is 681 g/mol. The van der Waals surface area contributed by atoms with Gasteiger partial charge in [-0.2, -0.15) is 0 Å². The predicted octanol–water partition coefficient (Wildman–Crippen LogP) is 7.41. The number of hydrogen-bond donors (Lipinski definition) is 1. The number of halogens is 3. The van der Waals surface area contributed by atoms with Crippen molar-refractivity contribution in [3.05, 3.63) is 123 Å². The number of nitrogens with zero attached hydrogens (tertiary/aromatic N) is 2. The SMILES string of the molecule is CCCNC(=O)C(Cc1ccccc1)N(Cc1ccc(Cl)cc1Cl)C(=O)CN(c1ccccc1OCC)S(=O)(=O)c1ccc(Cl)cc1. The Morgan fingerprint density at radius 3 is 2.17 bits per heavy atom. The van der Waals surface area contributed by atoms with E-state index < -0.39 is 28.5 Å². The Hall–Kier alpha value is -3.76. The molecule has 1 atom stereocenters. The summed E-state index contributed by atoms with van der Waals surface area (Å²) >= 11 is 18.8. The van der Waals surface area contributed by atoms with E-state index in [1.165, 1.54) is 29.2 Å². The monoisotopic (exact) mass is 715 g/mol. The number of nitrogens with one attached hydrogen (secondary N) is 1. The molecule has 4 aromatic carbocycles. The molecule has 0 aliphatic carbocycles. The fourth-order valence-corrected chi connectivity index (χ4v) is 6.96. The molecule has 0 aliphatic rings. The van der Waals surface area contributed by atoms with Gasteiger partial charge in [0.1, 0.15) is 18.3 Å². The van der Waals surface area contributed by atoms with Crippen LogP contribution in [0.3, 0.4) is 0 Å². The molecule has 4 aromatic rings. The van der Waals surface area contributed by atoms with Crippen LogP contribution in [0, 0.1) is 0 Å². The maximum atomic E-state index is 14.6. The molecule has 1 N–H and O–H groups in total. The molecule has 0 bridgehead atoms. The Kier molecular flexibility index (Phi) is 13.0. The second-order valence-electron chi connectivity index (χ2n) is 10.6. The number of carbonyl (C=O) groups excluding carboxylic acids is 2. The molecule has 0 saturated heterocycles. The molecular formula is C35H36Cl3N3O5S.